The molecular formula is C21H18Cl2F3N3O6. The molecule has 3 aromatic rings. The van der Waals surface area contributed by atoms with Crippen molar-refractivity contribution in [1.82, 2.24) is 9.55 Å². The Kier molecular flexibility index (Phi) is 8.43. The van der Waals surface area contributed by atoms with Crippen LogP contribution in [0.1, 0.15) is 11.1 Å². The molecule has 2 heterocycles. The van der Waals surface area contributed by atoms with Crippen LogP contribution < -0.4 is 4.74 Å². The fourth-order valence-corrected chi connectivity index (χ4v) is 3.88. The minimum atomic E-state index is -4.45. The number of benzene rings is 2. The molecule has 1 aliphatic rings. The van der Waals surface area contributed by atoms with Gasteiger partial charge >= 0.3 is 6.18 Å². The minimum absolute atomic E-state index is 0.00179. The molecule has 0 saturated carbocycles. The standard InChI is InChI=1S/C21H17Cl2F3N2O3.HNO3/c22-15-4-5-18(19(23)9-15)20(12-28-7-6-27-13-28)30-11-17(31-20)10-29-16-3-1-2-14(8-16)21(24,25)26;2-1(3)4/h1-9,13,17H,10-12H2;(H,2,3,4)/t17-,20-;/m1./s1. The van der Waals surface area contributed by atoms with E-state index in [0.717, 1.165) is 12.1 Å². The van der Waals surface area contributed by atoms with Crippen molar-refractivity contribution in [3.8, 4) is 5.75 Å². The number of hydrogen-bond donors (Lipinski definition) is 1. The lowest BCUT2D eigenvalue weighted by molar-refractivity contribution is -0.742. The van der Waals surface area contributed by atoms with E-state index in [1.807, 2.05) is 0 Å². The average Bonchev–Trinajstić information content (AvgIpc) is 3.42. The predicted molar refractivity (Wildman–Crippen MR) is 117 cm³/mol. The van der Waals surface area contributed by atoms with Gasteiger partial charge in [0.05, 0.1) is 30.1 Å². The second-order valence-electron chi connectivity index (χ2n) is 7.24. The molecule has 1 N–H and O–H groups in total. The van der Waals surface area contributed by atoms with Crippen molar-refractivity contribution in [2.45, 2.75) is 24.6 Å². The summed E-state index contributed by atoms with van der Waals surface area (Å²) in [6, 6.07) is 9.68. The summed E-state index contributed by atoms with van der Waals surface area (Å²) >= 11 is 12.4. The van der Waals surface area contributed by atoms with Crippen LogP contribution in [0.25, 0.3) is 0 Å². The summed E-state index contributed by atoms with van der Waals surface area (Å²) in [4.78, 5) is 12.4. The Balaban J connectivity index is 0.000000795. The van der Waals surface area contributed by atoms with Gasteiger partial charge in [-0.1, -0.05) is 35.3 Å². The lowest BCUT2D eigenvalue weighted by Crippen LogP contribution is -2.34. The Bertz CT molecular complexity index is 1150. The summed E-state index contributed by atoms with van der Waals surface area (Å²) in [6.45, 7) is 0.416. The van der Waals surface area contributed by atoms with Crippen LogP contribution in [0.3, 0.4) is 0 Å². The normalized spacial score (nSPS) is 19.6. The second-order valence-corrected chi connectivity index (χ2v) is 8.08. The van der Waals surface area contributed by atoms with E-state index >= 15 is 0 Å². The first kappa shape index (κ1) is 26.5. The van der Waals surface area contributed by atoms with E-state index in [4.69, 9.17) is 52.7 Å². The van der Waals surface area contributed by atoms with Crippen molar-refractivity contribution in [3.63, 3.8) is 0 Å². The molecule has 0 bridgehead atoms. The number of aromatic nitrogens is 2. The average molecular weight is 536 g/mol. The molecule has 0 radical (unpaired) electrons. The van der Waals surface area contributed by atoms with Gasteiger partial charge in [0.2, 0.25) is 5.79 Å². The van der Waals surface area contributed by atoms with Crippen LogP contribution in [0, 0.1) is 10.1 Å². The Morgan fingerprint density at radius 2 is 2.03 bits per heavy atom. The molecule has 0 spiro atoms. The molecule has 0 unspecified atom stereocenters. The third kappa shape index (κ3) is 7.21. The van der Waals surface area contributed by atoms with Crippen LogP contribution in [0.4, 0.5) is 13.2 Å². The van der Waals surface area contributed by atoms with Crippen LogP contribution in [0.5, 0.6) is 5.75 Å². The molecule has 1 fully saturated rings. The highest BCUT2D eigenvalue weighted by Crippen LogP contribution is 2.40. The lowest BCUT2D eigenvalue weighted by atomic mass is 10.1. The van der Waals surface area contributed by atoms with Gasteiger partial charge in [-0.3, -0.25) is 0 Å². The van der Waals surface area contributed by atoms with Gasteiger partial charge in [0.25, 0.3) is 5.09 Å². The third-order valence-corrected chi connectivity index (χ3v) is 5.30. The van der Waals surface area contributed by atoms with Crippen molar-refractivity contribution in [1.29, 1.82) is 0 Å². The first-order chi connectivity index (χ1) is 16.5. The highest BCUT2D eigenvalue weighted by Gasteiger charge is 2.45. The molecule has 1 aliphatic heterocycles. The number of nitrogens with zero attached hydrogens (tertiary/aromatic N) is 3. The van der Waals surface area contributed by atoms with Crippen molar-refractivity contribution >= 4 is 23.2 Å². The second kappa shape index (κ2) is 11.1. The third-order valence-electron chi connectivity index (χ3n) is 4.75. The SMILES string of the molecule is FC(F)(F)c1cccc(OC[C@@H]2CO[C@@](Cn3ccnc3)(c3ccc(Cl)cc3Cl)O2)c1.O=[N+]([O-])O. The molecular weight excluding hydrogens is 518 g/mol. The molecule has 0 amide bonds. The van der Waals surface area contributed by atoms with Gasteiger partial charge < -0.3 is 24.0 Å². The molecule has 188 valence electrons. The van der Waals surface area contributed by atoms with E-state index in [1.165, 1.54) is 12.1 Å². The smallest absolute Gasteiger partial charge is 0.416 e. The number of rotatable bonds is 6. The molecule has 1 saturated heterocycles. The molecule has 1 aromatic heterocycles. The molecule has 4 rings (SSSR count). The molecule has 35 heavy (non-hydrogen) atoms. The van der Waals surface area contributed by atoms with Crippen molar-refractivity contribution in [2.75, 3.05) is 13.2 Å². The van der Waals surface area contributed by atoms with Gasteiger partial charge in [-0.15, -0.1) is 10.1 Å². The number of hydrogen-bond acceptors (Lipinski definition) is 6. The maximum atomic E-state index is 12.9. The number of halogens is 5. The van der Waals surface area contributed by atoms with Gasteiger partial charge in [0, 0.05) is 23.0 Å². The number of imidazole rings is 1. The van der Waals surface area contributed by atoms with Crippen LogP contribution in [-0.2, 0) is 28.0 Å². The van der Waals surface area contributed by atoms with E-state index in [2.05, 4.69) is 4.98 Å². The van der Waals surface area contributed by atoms with Crippen LogP contribution >= 0.6 is 23.2 Å². The first-order valence-electron chi connectivity index (χ1n) is 9.85. The van der Waals surface area contributed by atoms with E-state index in [9.17, 15) is 13.2 Å². The van der Waals surface area contributed by atoms with Gasteiger partial charge in [-0.2, -0.15) is 13.2 Å². The highest BCUT2D eigenvalue weighted by molar-refractivity contribution is 6.35. The van der Waals surface area contributed by atoms with Gasteiger partial charge in [-0.25, -0.2) is 4.98 Å². The Morgan fingerprint density at radius 3 is 2.66 bits per heavy atom. The Labute approximate surface area is 206 Å². The van der Waals surface area contributed by atoms with Crippen LogP contribution in [0.2, 0.25) is 10.0 Å². The lowest BCUT2D eigenvalue weighted by Gasteiger charge is -2.30. The molecule has 2 atom stereocenters. The summed E-state index contributed by atoms with van der Waals surface area (Å²) in [5, 5.41) is 14.5. The molecule has 0 aliphatic carbocycles. The fraction of sp³-hybridized carbons (Fsp3) is 0.286. The zero-order valence-electron chi connectivity index (χ0n) is 17.7. The fourth-order valence-electron chi connectivity index (χ4n) is 3.33. The summed E-state index contributed by atoms with van der Waals surface area (Å²) in [5.74, 6) is -1.14. The summed E-state index contributed by atoms with van der Waals surface area (Å²) in [5.41, 5.74) is -0.204. The maximum absolute atomic E-state index is 12.9. The quantitative estimate of drug-likeness (QED) is 0.341. The zero-order chi connectivity index (χ0) is 25.6. The largest absolute Gasteiger partial charge is 0.491 e. The van der Waals surface area contributed by atoms with Crippen molar-refractivity contribution < 1.29 is 37.7 Å². The topological polar surface area (TPSA) is 109 Å². The van der Waals surface area contributed by atoms with E-state index in [0.29, 0.717) is 15.6 Å². The predicted octanol–water partition coefficient (Wildman–Crippen LogP) is 5.21. The maximum Gasteiger partial charge on any atom is 0.416 e. The summed E-state index contributed by atoms with van der Waals surface area (Å²) in [7, 11) is 0. The van der Waals surface area contributed by atoms with Gasteiger partial charge in [0.15, 0.2) is 0 Å². The zero-order valence-corrected chi connectivity index (χ0v) is 19.2. The van der Waals surface area contributed by atoms with Gasteiger partial charge in [-0.05, 0) is 30.3 Å². The number of ether oxygens (including phenoxy) is 3. The number of alkyl halides is 3. The van der Waals surface area contributed by atoms with Crippen LogP contribution in [-0.4, -0.2) is 39.2 Å². The first-order valence-corrected chi connectivity index (χ1v) is 10.6. The summed E-state index contributed by atoms with van der Waals surface area (Å²) in [6.07, 6.45) is 0.0119. The Hall–Kier alpha value is -3.06. The molecule has 2 aromatic carbocycles. The Morgan fingerprint density at radius 1 is 1.29 bits per heavy atom. The minimum Gasteiger partial charge on any atom is -0.491 e. The van der Waals surface area contributed by atoms with E-state index < -0.39 is 28.7 Å². The van der Waals surface area contributed by atoms with E-state index in [1.54, 1.807) is 41.5 Å². The molecule has 9 nitrogen and oxygen atoms in total. The highest BCUT2D eigenvalue weighted by atomic mass is 35.5. The monoisotopic (exact) mass is 535 g/mol. The van der Waals surface area contributed by atoms with Crippen molar-refractivity contribution in [2.24, 2.45) is 0 Å². The van der Waals surface area contributed by atoms with Crippen molar-refractivity contribution in [3.05, 3.63) is 92.5 Å². The summed E-state index contributed by atoms with van der Waals surface area (Å²) < 4.78 is 58.3. The van der Waals surface area contributed by atoms with E-state index in [-0.39, 0.29) is 25.5 Å². The molecule has 14 heteroatoms. The van der Waals surface area contributed by atoms with Crippen LogP contribution in [0.15, 0.2) is 61.2 Å². The van der Waals surface area contributed by atoms with Gasteiger partial charge in [0.1, 0.15) is 18.5 Å².